The Morgan fingerprint density at radius 2 is 1.79 bits per heavy atom. The van der Waals surface area contributed by atoms with E-state index in [1.165, 1.54) is 6.07 Å². The number of benzene rings is 1. The third kappa shape index (κ3) is 3.36. The Bertz CT molecular complexity index is 286. The van der Waals surface area contributed by atoms with Crippen molar-refractivity contribution in [3.8, 4) is 0 Å². The molecule has 0 fully saturated rings. The van der Waals surface area contributed by atoms with Crippen LogP contribution in [0.1, 0.15) is 11.6 Å². The molecule has 1 aromatic carbocycles. The molecule has 0 radical (unpaired) electrons. The maximum atomic E-state index is 12.7. The van der Waals surface area contributed by atoms with Gasteiger partial charge < -0.3 is 5.73 Å². The second-order valence-electron chi connectivity index (χ2n) is 2.56. The van der Waals surface area contributed by atoms with Crippen molar-refractivity contribution >= 4 is 24.0 Å². The Balaban J connectivity index is 0.00000169. The van der Waals surface area contributed by atoms with Crippen molar-refractivity contribution in [3.05, 3.63) is 34.6 Å². The topological polar surface area (TPSA) is 26.0 Å². The third-order valence-corrected chi connectivity index (χ3v) is 1.76. The van der Waals surface area contributed by atoms with Crippen molar-refractivity contribution in [2.75, 3.05) is 0 Å². The van der Waals surface area contributed by atoms with Crippen molar-refractivity contribution in [1.29, 1.82) is 0 Å². The third-order valence-electron chi connectivity index (χ3n) is 1.54. The van der Waals surface area contributed by atoms with Gasteiger partial charge in [0.15, 0.2) is 0 Å². The maximum Gasteiger partial charge on any atom is 0.257 e. The van der Waals surface area contributed by atoms with Gasteiger partial charge in [0, 0.05) is 5.02 Å². The fourth-order valence-corrected chi connectivity index (χ4v) is 1.14. The van der Waals surface area contributed by atoms with Crippen LogP contribution in [0.4, 0.5) is 13.2 Å². The molecule has 0 spiro atoms. The van der Waals surface area contributed by atoms with Gasteiger partial charge in [-0.1, -0.05) is 11.6 Å². The molecule has 0 saturated carbocycles. The Morgan fingerprint density at radius 1 is 1.21 bits per heavy atom. The van der Waals surface area contributed by atoms with E-state index in [1.807, 2.05) is 0 Å². The Morgan fingerprint density at radius 3 is 2.21 bits per heavy atom. The van der Waals surface area contributed by atoms with Gasteiger partial charge in [-0.2, -0.15) is 0 Å². The second-order valence-corrected chi connectivity index (χ2v) is 3.00. The van der Waals surface area contributed by atoms with E-state index >= 15 is 0 Å². The summed E-state index contributed by atoms with van der Waals surface area (Å²) >= 11 is 5.46. The van der Waals surface area contributed by atoms with Crippen LogP contribution in [-0.2, 0) is 0 Å². The molecule has 0 aliphatic heterocycles. The van der Waals surface area contributed by atoms with E-state index in [9.17, 15) is 13.2 Å². The minimum Gasteiger partial charge on any atom is -0.319 e. The zero-order chi connectivity index (χ0) is 10.0. The number of nitrogens with two attached hydrogens (primary N) is 1. The molecule has 1 nitrogen and oxygen atoms in total. The summed E-state index contributed by atoms with van der Waals surface area (Å²) in [6.07, 6.45) is -2.72. The monoisotopic (exact) mass is 245 g/mol. The molecule has 80 valence electrons. The average molecular weight is 246 g/mol. The van der Waals surface area contributed by atoms with Crippen molar-refractivity contribution in [2.45, 2.75) is 12.5 Å². The fourth-order valence-electron chi connectivity index (χ4n) is 0.913. The van der Waals surface area contributed by atoms with E-state index in [2.05, 4.69) is 0 Å². The highest BCUT2D eigenvalue weighted by Gasteiger charge is 2.18. The van der Waals surface area contributed by atoms with Gasteiger partial charge in [0.2, 0.25) is 0 Å². The number of hydrogen-bond donors (Lipinski definition) is 1. The molecule has 1 atom stereocenters. The average Bonchev–Trinajstić information content (AvgIpc) is 2.01. The predicted molar refractivity (Wildman–Crippen MR) is 51.6 cm³/mol. The van der Waals surface area contributed by atoms with Crippen molar-refractivity contribution in [2.24, 2.45) is 5.73 Å². The molecule has 0 saturated heterocycles. The molecule has 1 rings (SSSR count). The Kier molecular flexibility index (Phi) is 5.26. The van der Waals surface area contributed by atoms with Gasteiger partial charge in [-0.15, -0.1) is 12.4 Å². The number of halogens is 5. The summed E-state index contributed by atoms with van der Waals surface area (Å²) in [4.78, 5) is 0. The molecule has 0 amide bonds. The van der Waals surface area contributed by atoms with E-state index in [0.29, 0.717) is 0 Å². The number of rotatable bonds is 2. The Labute approximate surface area is 90.5 Å². The largest absolute Gasteiger partial charge is 0.319 e. The standard InChI is InChI=1S/C8H7ClF3N.ClH/c9-5-1-4(2-6(10)3-5)7(13)8(11)12;/h1-3,7-8H,13H2;1H/t7-;/m1./s1. The van der Waals surface area contributed by atoms with Gasteiger partial charge in [-0.05, 0) is 23.8 Å². The molecule has 0 heterocycles. The first-order valence-corrected chi connectivity index (χ1v) is 3.88. The van der Waals surface area contributed by atoms with Crippen LogP contribution in [-0.4, -0.2) is 6.43 Å². The summed E-state index contributed by atoms with van der Waals surface area (Å²) in [6.45, 7) is 0. The van der Waals surface area contributed by atoms with Gasteiger partial charge >= 0.3 is 0 Å². The number of alkyl halides is 2. The first kappa shape index (κ1) is 13.5. The summed E-state index contributed by atoms with van der Waals surface area (Å²) < 4.78 is 36.8. The molecule has 1 aromatic rings. The summed E-state index contributed by atoms with van der Waals surface area (Å²) in [7, 11) is 0. The maximum absolute atomic E-state index is 12.7. The van der Waals surface area contributed by atoms with Gasteiger partial charge in [-0.3, -0.25) is 0 Å². The van der Waals surface area contributed by atoms with Crippen molar-refractivity contribution in [3.63, 3.8) is 0 Å². The quantitative estimate of drug-likeness (QED) is 0.852. The van der Waals surface area contributed by atoms with E-state index < -0.39 is 18.3 Å². The SMILES string of the molecule is Cl.N[C@H](c1cc(F)cc(Cl)c1)C(F)F. The van der Waals surface area contributed by atoms with Gasteiger partial charge in [-0.25, -0.2) is 13.2 Å². The first-order chi connectivity index (χ1) is 6.00. The summed E-state index contributed by atoms with van der Waals surface area (Å²) in [5.74, 6) is -0.668. The van der Waals surface area contributed by atoms with E-state index in [-0.39, 0.29) is 23.0 Å². The highest BCUT2D eigenvalue weighted by Crippen LogP contribution is 2.22. The van der Waals surface area contributed by atoms with Crippen LogP contribution in [0.2, 0.25) is 5.02 Å². The smallest absolute Gasteiger partial charge is 0.257 e. The summed E-state index contributed by atoms with van der Waals surface area (Å²) in [6, 6.07) is 1.71. The lowest BCUT2D eigenvalue weighted by Gasteiger charge is -2.10. The van der Waals surface area contributed by atoms with Gasteiger partial charge in [0.25, 0.3) is 6.43 Å². The van der Waals surface area contributed by atoms with Gasteiger partial charge in [0.1, 0.15) is 5.82 Å². The summed E-state index contributed by atoms with van der Waals surface area (Å²) in [5.41, 5.74) is 5.10. The second kappa shape index (κ2) is 5.44. The van der Waals surface area contributed by atoms with Crippen molar-refractivity contribution in [1.82, 2.24) is 0 Å². The lowest BCUT2D eigenvalue weighted by atomic mass is 10.1. The Hall–Kier alpha value is -0.450. The minimum atomic E-state index is -2.72. The van der Waals surface area contributed by atoms with Crippen LogP contribution in [0.5, 0.6) is 0 Å². The fraction of sp³-hybridized carbons (Fsp3) is 0.250. The molecule has 0 bridgehead atoms. The molecule has 0 unspecified atom stereocenters. The predicted octanol–water partition coefficient (Wildman–Crippen LogP) is 3.17. The highest BCUT2D eigenvalue weighted by molar-refractivity contribution is 6.30. The molecule has 0 aliphatic carbocycles. The summed E-state index contributed by atoms with van der Waals surface area (Å²) in [5, 5.41) is 0.0612. The van der Waals surface area contributed by atoms with Crippen LogP contribution >= 0.6 is 24.0 Å². The molecule has 0 aliphatic rings. The van der Waals surface area contributed by atoms with Crippen molar-refractivity contribution < 1.29 is 13.2 Å². The van der Waals surface area contributed by atoms with Crippen LogP contribution in [0.3, 0.4) is 0 Å². The van der Waals surface area contributed by atoms with Crippen LogP contribution in [0.15, 0.2) is 18.2 Å². The van der Waals surface area contributed by atoms with E-state index in [1.54, 1.807) is 0 Å². The molecule has 6 heteroatoms. The van der Waals surface area contributed by atoms with E-state index in [4.69, 9.17) is 17.3 Å². The molecular formula is C8H8Cl2F3N. The molecular weight excluding hydrogens is 238 g/mol. The lowest BCUT2D eigenvalue weighted by molar-refractivity contribution is 0.116. The molecule has 14 heavy (non-hydrogen) atoms. The normalized spacial score (nSPS) is 12.4. The van der Waals surface area contributed by atoms with Crippen LogP contribution < -0.4 is 5.73 Å². The van der Waals surface area contributed by atoms with E-state index in [0.717, 1.165) is 12.1 Å². The molecule has 2 N–H and O–H groups in total. The first-order valence-electron chi connectivity index (χ1n) is 3.50. The number of hydrogen-bond acceptors (Lipinski definition) is 1. The zero-order valence-electron chi connectivity index (χ0n) is 6.88. The lowest BCUT2D eigenvalue weighted by Crippen LogP contribution is -2.18. The zero-order valence-corrected chi connectivity index (χ0v) is 8.46. The highest BCUT2D eigenvalue weighted by atomic mass is 35.5. The minimum absolute atomic E-state index is 0. The van der Waals surface area contributed by atoms with Crippen LogP contribution in [0.25, 0.3) is 0 Å². The van der Waals surface area contributed by atoms with Gasteiger partial charge in [0.05, 0.1) is 6.04 Å². The van der Waals surface area contributed by atoms with Crippen LogP contribution in [0, 0.1) is 5.82 Å². The molecule has 0 aromatic heterocycles.